The number of carbonyl (C=O) groups is 4. The SMILES string of the molecule is O=C1N[C@H](CC(=O)N2CCN(C(=O)[C@@H]3COc4ccccc4O3)CC2)C(=O)Nc2ccccc21. The second-order valence-electron chi connectivity index (χ2n) is 8.34. The van der Waals surface area contributed by atoms with Gasteiger partial charge in [0.15, 0.2) is 11.5 Å². The van der Waals surface area contributed by atoms with Crippen molar-refractivity contribution in [1.29, 1.82) is 0 Å². The van der Waals surface area contributed by atoms with E-state index in [1.54, 1.807) is 46.2 Å². The van der Waals surface area contributed by atoms with Gasteiger partial charge in [-0.3, -0.25) is 19.2 Å². The van der Waals surface area contributed by atoms with Crippen LogP contribution in [-0.2, 0) is 14.4 Å². The molecule has 176 valence electrons. The van der Waals surface area contributed by atoms with Gasteiger partial charge in [-0.25, -0.2) is 0 Å². The molecule has 0 radical (unpaired) electrons. The Kier molecular flexibility index (Phi) is 5.79. The quantitative estimate of drug-likeness (QED) is 0.689. The summed E-state index contributed by atoms with van der Waals surface area (Å²) in [5.41, 5.74) is 0.776. The van der Waals surface area contributed by atoms with Crippen molar-refractivity contribution in [2.45, 2.75) is 18.6 Å². The first kappa shape index (κ1) is 21.7. The third kappa shape index (κ3) is 4.26. The molecule has 34 heavy (non-hydrogen) atoms. The molecule has 2 aromatic carbocycles. The number of anilines is 1. The van der Waals surface area contributed by atoms with E-state index >= 15 is 0 Å². The fourth-order valence-electron chi connectivity index (χ4n) is 4.28. The molecule has 0 saturated carbocycles. The van der Waals surface area contributed by atoms with Gasteiger partial charge in [0, 0.05) is 26.2 Å². The zero-order valence-corrected chi connectivity index (χ0v) is 18.4. The van der Waals surface area contributed by atoms with Crippen molar-refractivity contribution in [2.24, 2.45) is 0 Å². The van der Waals surface area contributed by atoms with E-state index in [0.29, 0.717) is 48.9 Å². The maximum atomic E-state index is 12.9. The van der Waals surface area contributed by atoms with Crippen LogP contribution in [0.3, 0.4) is 0 Å². The average Bonchev–Trinajstić information content (AvgIpc) is 2.99. The zero-order valence-electron chi connectivity index (χ0n) is 18.4. The summed E-state index contributed by atoms with van der Waals surface area (Å²) in [7, 11) is 0. The smallest absolute Gasteiger partial charge is 0.267 e. The van der Waals surface area contributed by atoms with Crippen molar-refractivity contribution < 1.29 is 28.7 Å². The van der Waals surface area contributed by atoms with Crippen LogP contribution in [0.15, 0.2) is 48.5 Å². The zero-order chi connectivity index (χ0) is 23.7. The molecule has 2 atom stereocenters. The van der Waals surface area contributed by atoms with Gasteiger partial charge in [-0.2, -0.15) is 0 Å². The Bertz CT molecular complexity index is 1140. The van der Waals surface area contributed by atoms with E-state index in [2.05, 4.69) is 10.6 Å². The number of benzene rings is 2. The topological polar surface area (TPSA) is 117 Å². The van der Waals surface area contributed by atoms with E-state index in [0.717, 1.165) is 0 Å². The van der Waals surface area contributed by atoms with Gasteiger partial charge in [0.2, 0.25) is 17.9 Å². The van der Waals surface area contributed by atoms with Crippen molar-refractivity contribution in [3.8, 4) is 11.5 Å². The molecule has 10 nitrogen and oxygen atoms in total. The summed E-state index contributed by atoms with van der Waals surface area (Å²) in [4.78, 5) is 54.1. The van der Waals surface area contributed by atoms with E-state index in [1.165, 1.54) is 0 Å². The van der Waals surface area contributed by atoms with Gasteiger partial charge < -0.3 is 29.9 Å². The number of para-hydroxylation sites is 3. The first-order valence-corrected chi connectivity index (χ1v) is 11.2. The fourth-order valence-corrected chi connectivity index (χ4v) is 4.28. The van der Waals surface area contributed by atoms with Gasteiger partial charge in [0.05, 0.1) is 17.7 Å². The molecule has 3 heterocycles. The molecule has 4 amide bonds. The van der Waals surface area contributed by atoms with Crippen molar-refractivity contribution in [3.63, 3.8) is 0 Å². The fraction of sp³-hybridized carbons (Fsp3) is 0.333. The summed E-state index contributed by atoms with van der Waals surface area (Å²) >= 11 is 0. The molecule has 0 unspecified atom stereocenters. The first-order valence-electron chi connectivity index (χ1n) is 11.2. The van der Waals surface area contributed by atoms with Crippen LogP contribution in [0.1, 0.15) is 16.8 Å². The highest BCUT2D eigenvalue weighted by molar-refractivity contribution is 6.10. The van der Waals surface area contributed by atoms with Gasteiger partial charge in [-0.15, -0.1) is 0 Å². The maximum Gasteiger partial charge on any atom is 0.267 e. The van der Waals surface area contributed by atoms with Crippen molar-refractivity contribution in [3.05, 3.63) is 54.1 Å². The Hall–Kier alpha value is -4.08. The molecular weight excluding hydrogens is 440 g/mol. The normalized spacial score (nSPS) is 21.6. The van der Waals surface area contributed by atoms with Crippen LogP contribution in [0.4, 0.5) is 5.69 Å². The molecular formula is C24H24N4O6. The highest BCUT2D eigenvalue weighted by atomic mass is 16.6. The minimum absolute atomic E-state index is 0.133. The molecule has 1 saturated heterocycles. The predicted octanol–water partition coefficient (Wildman–Crippen LogP) is 0.638. The number of piperazine rings is 1. The first-order chi connectivity index (χ1) is 16.5. The molecule has 1 fully saturated rings. The Morgan fingerprint density at radius 2 is 1.59 bits per heavy atom. The molecule has 0 aliphatic carbocycles. The van der Waals surface area contributed by atoms with E-state index < -0.39 is 24.0 Å². The monoisotopic (exact) mass is 464 g/mol. The summed E-state index contributed by atoms with van der Waals surface area (Å²) in [5, 5.41) is 5.34. The molecule has 0 bridgehead atoms. The molecule has 2 aromatic rings. The standard InChI is InChI=1S/C24H24N4O6/c29-21(13-17-23(31)25-16-6-2-1-5-15(16)22(30)26-17)27-9-11-28(12-10-27)24(32)20-14-33-18-7-3-4-8-19(18)34-20/h1-8,17,20H,9-14H2,(H,25,31)(H,26,30)/t17-,20+/m1/s1. The summed E-state index contributed by atoms with van der Waals surface area (Å²) in [6.45, 7) is 1.49. The van der Waals surface area contributed by atoms with Crippen LogP contribution in [0.2, 0.25) is 0 Å². The van der Waals surface area contributed by atoms with Gasteiger partial charge >= 0.3 is 0 Å². The Morgan fingerprint density at radius 3 is 2.38 bits per heavy atom. The summed E-state index contributed by atoms with van der Waals surface area (Å²) in [6.07, 6.45) is -0.890. The van der Waals surface area contributed by atoms with Crippen molar-refractivity contribution >= 4 is 29.3 Å². The van der Waals surface area contributed by atoms with Crippen molar-refractivity contribution in [2.75, 3.05) is 38.1 Å². The van der Waals surface area contributed by atoms with E-state index in [4.69, 9.17) is 9.47 Å². The highest BCUT2D eigenvalue weighted by Crippen LogP contribution is 2.31. The largest absolute Gasteiger partial charge is 0.485 e. The number of fused-ring (bicyclic) bond motifs is 2. The lowest BCUT2D eigenvalue weighted by atomic mass is 10.1. The number of nitrogens with one attached hydrogen (secondary N) is 2. The van der Waals surface area contributed by atoms with Gasteiger partial charge in [0.1, 0.15) is 12.6 Å². The van der Waals surface area contributed by atoms with E-state index in [9.17, 15) is 19.2 Å². The van der Waals surface area contributed by atoms with E-state index in [1.807, 2.05) is 12.1 Å². The van der Waals surface area contributed by atoms with Gasteiger partial charge in [0.25, 0.3) is 11.8 Å². The predicted molar refractivity (Wildman–Crippen MR) is 120 cm³/mol. The minimum Gasteiger partial charge on any atom is -0.485 e. The molecule has 5 rings (SSSR count). The molecule has 2 N–H and O–H groups in total. The second-order valence-corrected chi connectivity index (χ2v) is 8.34. The van der Waals surface area contributed by atoms with Crippen LogP contribution in [0.25, 0.3) is 0 Å². The van der Waals surface area contributed by atoms with E-state index in [-0.39, 0.29) is 24.8 Å². The van der Waals surface area contributed by atoms with Crippen LogP contribution in [-0.4, -0.2) is 78.4 Å². The van der Waals surface area contributed by atoms with Gasteiger partial charge in [-0.05, 0) is 24.3 Å². The van der Waals surface area contributed by atoms with Crippen LogP contribution >= 0.6 is 0 Å². The number of rotatable bonds is 3. The summed E-state index contributed by atoms with van der Waals surface area (Å²) in [5.74, 6) is -0.139. The molecule has 3 aliphatic rings. The second kappa shape index (κ2) is 9.05. The Balaban J connectivity index is 1.15. The van der Waals surface area contributed by atoms with Crippen molar-refractivity contribution in [1.82, 2.24) is 15.1 Å². The summed E-state index contributed by atoms with van der Waals surface area (Å²) in [6, 6.07) is 12.9. The van der Waals surface area contributed by atoms with Crippen LogP contribution < -0.4 is 20.1 Å². The number of amides is 4. The van der Waals surface area contributed by atoms with Crippen LogP contribution in [0, 0.1) is 0 Å². The average molecular weight is 464 g/mol. The number of carbonyl (C=O) groups excluding carboxylic acids is 4. The lowest BCUT2D eigenvalue weighted by Crippen LogP contribution is -2.56. The molecule has 3 aliphatic heterocycles. The lowest BCUT2D eigenvalue weighted by molar-refractivity contribution is -0.146. The summed E-state index contributed by atoms with van der Waals surface area (Å²) < 4.78 is 11.4. The lowest BCUT2D eigenvalue weighted by Gasteiger charge is -2.37. The number of hydrogen-bond donors (Lipinski definition) is 2. The van der Waals surface area contributed by atoms with Gasteiger partial charge in [-0.1, -0.05) is 24.3 Å². The molecule has 0 spiro atoms. The van der Waals surface area contributed by atoms with Crippen LogP contribution in [0.5, 0.6) is 11.5 Å². The Morgan fingerprint density at radius 1 is 0.912 bits per heavy atom. The highest BCUT2D eigenvalue weighted by Gasteiger charge is 2.35. The number of nitrogens with zero attached hydrogens (tertiary/aromatic N) is 2. The maximum absolute atomic E-state index is 12.9. The molecule has 10 heteroatoms. The third-order valence-electron chi connectivity index (χ3n) is 6.16. The molecule has 0 aromatic heterocycles. The number of hydrogen-bond acceptors (Lipinski definition) is 6. The number of ether oxygens (including phenoxy) is 2. The Labute approximate surface area is 195 Å². The third-order valence-corrected chi connectivity index (χ3v) is 6.16. The minimum atomic E-state index is -0.972.